The number of carbonyl (C=O) groups excluding carboxylic acids is 2. The molecule has 2 aromatic rings. The second kappa shape index (κ2) is 6.83. The average Bonchev–Trinajstić information content (AvgIpc) is 3.35. The largest absolute Gasteiger partial charge is 0.338 e. The van der Waals surface area contributed by atoms with Gasteiger partial charge in [-0.15, -0.1) is 0 Å². The fraction of sp³-hybridized carbons (Fsp3) is 0.476. The molecule has 0 aliphatic carbocycles. The van der Waals surface area contributed by atoms with E-state index in [0.29, 0.717) is 31.1 Å². The number of nitrogens with zero attached hydrogens (tertiary/aromatic N) is 4. The van der Waals surface area contributed by atoms with Gasteiger partial charge in [-0.3, -0.25) is 14.3 Å². The Morgan fingerprint density at radius 1 is 1.11 bits per heavy atom. The van der Waals surface area contributed by atoms with Gasteiger partial charge in [0, 0.05) is 50.6 Å². The van der Waals surface area contributed by atoms with E-state index in [0.717, 1.165) is 5.56 Å². The molecule has 0 unspecified atom stereocenters. The predicted molar refractivity (Wildman–Crippen MR) is 102 cm³/mol. The van der Waals surface area contributed by atoms with Crippen molar-refractivity contribution in [3.8, 4) is 0 Å². The maximum Gasteiger partial charge on any atom is 0.257 e. The number of amides is 2. The van der Waals surface area contributed by atoms with Gasteiger partial charge >= 0.3 is 0 Å². The summed E-state index contributed by atoms with van der Waals surface area (Å²) in [7, 11) is 0. The third-order valence-corrected chi connectivity index (χ3v) is 5.87. The van der Waals surface area contributed by atoms with Crippen LogP contribution in [0, 0.1) is 11.8 Å². The Balaban J connectivity index is 1.55. The number of hydrogen-bond donors (Lipinski definition) is 0. The first-order chi connectivity index (χ1) is 13.0. The van der Waals surface area contributed by atoms with Crippen molar-refractivity contribution in [2.24, 2.45) is 11.8 Å². The molecule has 1 aromatic heterocycles. The van der Waals surface area contributed by atoms with E-state index >= 15 is 0 Å². The minimum absolute atomic E-state index is 0.0393. The Morgan fingerprint density at radius 3 is 2.48 bits per heavy atom. The third kappa shape index (κ3) is 3.13. The molecule has 6 heteroatoms. The lowest BCUT2D eigenvalue weighted by Crippen LogP contribution is -2.36. The van der Waals surface area contributed by atoms with Crippen molar-refractivity contribution in [3.05, 3.63) is 53.9 Å². The van der Waals surface area contributed by atoms with E-state index in [4.69, 9.17) is 0 Å². The zero-order valence-electron chi connectivity index (χ0n) is 16.1. The molecule has 1 aromatic carbocycles. The highest BCUT2D eigenvalue weighted by molar-refractivity contribution is 5.94. The summed E-state index contributed by atoms with van der Waals surface area (Å²) in [4.78, 5) is 29.1. The van der Waals surface area contributed by atoms with E-state index in [2.05, 4.69) is 17.2 Å². The SMILES string of the molecule is CC(=O)N1C[C@H]2CN(C(=O)c3cnn(C(C)C)c3)C[C@H]2[C@H]1c1ccccc1. The zero-order valence-corrected chi connectivity index (χ0v) is 16.1. The average molecular weight is 366 g/mol. The van der Waals surface area contributed by atoms with Crippen LogP contribution in [-0.4, -0.2) is 51.0 Å². The summed E-state index contributed by atoms with van der Waals surface area (Å²) in [6, 6.07) is 10.5. The van der Waals surface area contributed by atoms with Gasteiger partial charge in [-0.1, -0.05) is 30.3 Å². The first kappa shape index (κ1) is 17.8. The van der Waals surface area contributed by atoms with E-state index < -0.39 is 0 Å². The standard InChI is InChI=1S/C21H26N4O2/c1-14(2)25-12-17(9-22-25)21(27)23-10-18-11-24(15(3)26)20(19(18)13-23)16-7-5-4-6-8-16/h4-9,12,14,18-20H,10-11,13H2,1-3H3/t18-,19-,20-/m1/s1. The molecule has 0 saturated carbocycles. The Labute approximate surface area is 159 Å². The van der Waals surface area contributed by atoms with Crippen LogP contribution in [0.5, 0.6) is 0 Å². The van der Waals surface area contributed by atoms with Crippen LogP contribution in [0.2, 0.25) is 0 Å². The van der Waals surface area contributed by atoms with Gasteiger partial charge < -0.3 is 9.80 Å². The molecular formula is C21H26N4O2. The van der Waals surface area contributed by atoms with Gasteiger partial charge in [-0.2, -0.15) is 5.10 Å². The van der Waals surface area contributed by atoms with Crippen molar-refractivity contribution >= 4 is 11.8 Å². The van der Waals surface area contributed by atoms with Crippen LogP contribution in [-0.2, 0) is 4.79 Å². The maximum atomic E-state index is 13.0. The molecule has 6 nitrogen and oxygen atoms in total. The third-order valence-electron chi connectivity index (χ3n) is 5.87. The van der Waals surface area contributed by atoms with E-state index in [-0.39, 0.29) is 29.8 Å². The van der Waals surface area contributed by atoms with E-state index in [9.17, 15) is 9.59 Å². The van der Waals surface area contributed by atoms with E-state index in [1.807, 2.05) is 52.7 Å². The fourth-order valence-electron chi connectivity index (χ4n) is 4.53. The monoisotopic (exact) mass is 366 g/mol. The quantitative estimate of drug-likeness (QED) is 0.839. The molecule has 3 atom stereocenters. The molecule has 27 heavy (non-hydrogen) atoms. The zero-order chi connectivity index (χ0) is 19.1. The molecule has 2 saturated heterocycles. The molecule has 2 fully saturated rings. The van der Waals surface area contributed by atoms with E-state index in [1.54, 1.807) is 13.1 Å². The van der Waals surface area contributed by atoms with Crippen LogP contribution in [0.3, 0.4) is 0 Å². The van der Waals surface area contributed by atoms with Crippen molar-refractivity contribution in [2.45, 2.75) is 32.9 Å². The molecular weight excluding hydrogens is 340 g/mol. The van der Waals surface area contributed by atoms with Gasteiger partial charge in [-0.25, -0.2) is 0 Å². The first-order valence-corrected chi connectivity index (χ1v) is 9.61. The van der Waals surface area contributed by atoms with Crippen molar-refractivity contribution in [1.82, 2.24) is 19.6 Å². The summed E-state index contributed by atoms with van der Waals surface area (Å²) in [5.41, 5.74) is 1.80. The molecule has 4 rings (SSSR count). The smallest absolute Gasteiger partial charge is 0.257 e. The number of likely N-dealkylation sites (tertiary alicyclic amines) is 2. The molecule has 0 spiro atoms. The van der Waals surface area contributed by atoms with Crippen molar-refractivity contribution in [3.63, 3.8) is 0 Å². The van der Waals surface area contributed by atoms with Gasteiger partial charge in [0.2, 0.25) is 5.91 Å². The maximum absolute atomic E-state index is 13.0. The lowest BCUT2D eigenvalue weighted by molar-refractivity contribution is -0.130. The molecule has 142 valence electrons. The van der Waals surface area contributed by atoms with Crippen LogP contribution >= 0.6 is 0 Å². The lowest BCUT2D eigenvalue weighted by atomic mass is 9.89. The topological polar surface area (TPSA) is 58.4 Å². The summed E-state index contributed by atoms with van der Waals surface area (Å²) in [6.45, 7) is 7.82. The van der Waals surface area contributed by atoms with Gasteiger partial charge in [0.1, 0.15) is 0 Å². The van der Waals surface area contributed by atoms with Crippen molar-refractivity contribution in [2.75, 3.05) is 19.6 Å². The highest BCUT2D eigenvalue weighted by atomic mass is 16.2. The van der Waals surface area contributed by atoms with Crippen LogP contribution < -0.4 is 0 Å². The highest BCUT2D eigenvalue weighted by Crippen LogP contribution is 2.45. The number of hydrogen-bond acceptors (Lipinski definition) is 3. The number of fused-ring (bicyclic) bond motifs is 1. The minimum Gasteiger partial charge on any atom is -0.338 e. The van der Waals surface area contributed by atoms with Crippen molar-refractivity contribution < 1.29 is 9.59 Å². The van der Waals surface area contributed by atoms with Crippen LogP contribution in [0.1, 0.15) is 48.8 Å². The number of aromatic nitrogens is 2. The highest BCUT2D eigenvalue weighted by Gasteiger charge is 2.49. The van der Waals surface area contributed by atoms with Crippen LogP contribution in [0.25, 0.3) is 0 Å². The molecule has 0 bridgehead atoms. The molecule has 2 aliphatic rings. The minimum atomic E-state index is 0.0393. The summed E-state index contributed by atoms with van der Waals surface area (Å²) < 4.78 is 1.81. The molecule has 2 aliphatic heterocycles. The molecule has 0 radical (unpaired) electrons. The normalized spacial score (nSPS) is 24.5. The van der Waals surface area contributed by atoms with Crippen LogP contribution in [0.15, 0.2) is 42.7 Å². The van der Waals surface area contributed by atoms with E-state index in [1.165, 1.54) is 0 Å². The van der Waals surface area contributed by atoms with Gasteiger partial charge in [0.25, 0.3) is 5.91 Å². The van der Waals surface area contributed by atoms with Gasteiger partial charge in [-0.05, 0) is 19.4 Å². The first-order valence-electron chi connectivity index (χ1n) is 9.61. The molecule has 3 heterocycles. The van der Waals surface area contributed by atoms with Crippen molar-refractivity contribution in [1.29, 1.82) is 0 Å². The fourth-order valence-corrected chi connectivity index (χ4v) is 4.53. The summed E-state index contributed by atoms with van der Waals surface area (Å²) in [6.07, 6.45) is 3.49. The Hall–Kier alpha value is -2.63. The van der Waals surface area contributed by atoms with Gasteiger partial charge in [0.05, 0.1) is 17.8 Å². The summed E-state index contributed by atoms with van der Waals surface area (Å²) in [5.74, 6) is 0.746. The Bertz CT molecular complexity index is 845. The predicted octanol–water partition coefficient (Wildman–Crippen LogP) is 2.76. The summed E-state index contributed by atoms with van der Waals surface area (Å²) >= 11 is 0. The second-order valence-electron chi connectivity index (χ2n) is 7.96. The summed E-state index contributed by atoms with van der Waals surface area (Å²) in [5, 5.41) is 4.29. The lowest BCUT2D eigenvalue weighted by Gasteiger charge is -2.29. The van der Waals surface area contributed by atoms with Crippen LogP contribution in [0.4, 0.5) is 0 Å². The second-order valence-corrected chi connectivity index (χ2v) is 7.96. The number of benzene rings is 1. The Kier molecular flexibility index (Phi) is 4.50. The number of rotatable bonds is 3. The Morgan fingerprint density at radius 2 is 1.85 bits per heavy atom. The number of carbonyl (C=O) groups is 2. The van der Waals surface area contributed by atoms with Gasteiger partial charge in [0.15, 0.2) is 0 Å². The molecule has 2 amide bonds. The molecule has 0 N–H and O–H groups in total.